The van der Waals surface area contributed by atoms with Crippen molar-refractivity contribution in [3.05, 3.63) is 23.8 Å². The van der Waals surface area contributed by atoms with E-state index in [1.807, 2.05) is 13.8 Å². The van der Waals surface area contributed by atoms with E-state index in [9.17, 15) is 4.79 Å². The summed E-state index contributed by atoms with van der Waals surface area (Å²) < 4.78 is 10.9. The van der Waals surface area contributed by atoms with E-state index in [2.05, 4.69) is 18.3 Å². The van der Waals surface area contributed by atoms with Crippen LogP contribution in [0.1, 0.15) is 52.0 Å². The molecule has 1 aromatic rings. The summed E-state index contributed by atoms with van der Waals surface area (Å²) in [4.78, 5) is 12.6. The molecule has 0 fully saturated rings. The highest BCUT2D eigenvalue weighted by Gasteiger charge is 2.33. The van der Waals surface area contributed by atoms with E-state index >= 15 is 0 Å². The molecule has 23 heavy (non-hydrogen) atoms. The molecule has 126 valence electrons. The number of hydrogen-bond donors (Lipinski definition) is 1. The van der Waals surface area contributed by atoms with Crippen LogP contribution in [0, 0.1) is 11.3 Å². The lowest BCUT2D eigenvalue weighted by Crippen LogP contribution is -2.43. The molecule has 0 saturated carbocycles. The van der Waals surface area contributed by atoms with E-state index in [0.717, 1.165) is 19.3 Å². The highest BCUT2D eigenvalue weighted by atomic mass is 16.5. The fourth-order valence-corrected chi connectivity index (χ4v) is 2.23. The van der Waals surface area contributed by atoms with Crippen LogP contribution in [0.25, 0.3) is 0 Å². The van der Waals surface area contributed by atoms with Gasteiger partial charge in [-0.2, -0.15) is 5.26 Å². The number of carbonyl (C=O) groups excluding carboxylic acids is 1. The van der Waals surface area contributed by atoms with Gasteiger partial charge < -0.3 is 14.8 Å². The number of methoxy groups -OCH3 is 1. The first-order valence-electron chi connectivity index (χ1n) is 8.04. The molecule has 1 aromatic carbocycles. The van der Waals surface area contributed by atoms with E-state index in [-0.39, 0.29) is 5.91 Å². The maximum absolute atomic E-state index is 12.6. The van der Waals surface area contributed by atoms with Crippen molar-refractivity contribution in [2.45, 2.75) is 52.1 Å². The second-order valence-corrected chi connectivity index (χ2v) is 5.66. The van der Waals surface area contributed by atoms with Crippen LogP contribution in [-0.2, 0) is 9.53 Å². The Morgan fingerprint density at radius 2 is 2.09 bits per heavy atom. The summed E-state index contributed by atoms with van der Waals surface area (Å²) in [7, 11) is 1.51. The lowest BCUT2D eigenvalue weighted by molar-refractivity contribution is -0.140. The topological polar surface area (TPSA) is 71.3 Å². The average molecular weight is 318 g/mol. The normalized spacial score (nSPS) is 13.0. The third-order valence-corrected chi connectivity index (χ3v) is 3.69. The number of carbonyl (C=O) groups is 1. The number of nitrogens with one attached hydrogen (secondary N) is 1. The Balaban J connectivity index is 2.91. The zero-order chi connectivity index (χ0) is 17.3. The van der Waals surface area contributed by atoms with Gasteiger partial charge in [0.15, 0.2) is 0 Å². The SMILES string of the molecule is CCCC[C@@](C)(OCCC)C(=O)Nc1ccc(OC)c(C#N)c1. The van der Waals surface area contributed by atoms with Gasteiger partial charge in [-0.1, -0.05) is 26.7 Å². The van der Waals surface area contributed by atoms with Crippen LogP contribution in [0.5, 0.6) is 5.75 Å². The monoisotopic (exact) mass is 318 g/mol. The first-order chi connectivity index (χ1) is 11.0. The minimum Gasteiger partial charge on any atom is -0.495 e. The third-order valence-electron chi connectivity index (χ3n) is 3.69. The molecule has 0 bridgehead atoms. The van der Waals surface area contributed by atoms with Gasteiger partial charge in [-0.25, -0.2) is 0 Å². The molecule has 0 aliphatic rings. The van der Waals surface area contributed by atoms with Gasteiger partial charge in [0, 0.05) is 12.3 Å². The predicted molar refractivity (Wildman–Crippen MR) is 90.5 cm³/mol. The van der Waals surface area contributed by atoms with Gasteiger partial charge in [0.25, 0.3) is 5.91 Å². The molecular weight excluding hydrogens is 292 g/mol. The van der Waals surface area contributed by atoms with Crippen LogP contribution in [0.4, 0.5) is 5.69 Å². The molecule has 0 radical (unpaired) electrons. The molecule has 1 rings (SSSR count). The number of nitriles is 1. The highest BCUT2D eigenvalue weighted by Crippen LogP contribution is 2.25. The molecular formula is C18H26N2O3. The summed E-state index contributed by atoms with van der Waals surface area (Å²) in [6, 6.07) is 7.06. The Bertz CT molecular complexity index is 556. The zero-order valence-corrected chi connectivity index (χ0v) is 14.4. The zero-order valence-electron chi connectivity index (χ0n) is 14.4. The number of benzene rings is 1. The van der Waals surface area contributed by atoms with Gasteiger partial charge in [-0.3, -0.25) is 4.79 Å². The van der Waals surface area contributed by atoms with Crippen LogP contribution in [0.15, 0.2) is 18.2 Å². The molecule has 0 aliphatic carbocycles. The van der Waals surface area contributed by atoms with Crippen LogP contribution in [-0.4, -0.2) is 25.2 Å². The quantitative estimate of drug-likeness (QED) is 0.750. The number of unbranched alkanes of at least 4 members (excludes halogenated alkanes) is 1. The molecule has 5 nitrogen and oxygen atoms in total. The largest absolute Gasteiger partial charge is 0.495 e. The highest BCUT2D eigenvalue weighted by molar-refractivity contribution is 5.97. The van der Waals surface area contributed by atoms with E-state index in [4.69, 9.17) is 14.7 Å². The van der Waals surface area contributed by atoms with E-state index in [0.29, 0.717) is 30.0 Å². The lowest BCUT2D eigenvalue weighted by Gasteiger charge is -2.28. The Hall–Kier alpha value is -2.06. The summed E-state index contributed by atoms with van der Waals surface area (Å²) in [5.41, 5.74) is 0.0869. The summed E-state index contributed by atoms with van der Waals surface area (Å²) in [5.74, 6) is 0.301. The number of amides is 1. The van der Waals surface area contributed by atoms with Crippen molar-refractivity contribution in [2.75, 3.05) is 19.0 Å². The second-order valence-electron chi connectivity index (χ2n) is 5.66. The number of rotatable bonds is 9. The number of anilines is 1. The van der Waals surface area contributed by atoms with E-state index in [1.54, 1.807) is 18.2 Å². The fraction of sp³-hybridized carbons (Fsp3) is 0.556. The molecule has 1 amide bonds. The Morgan fingerprint density at radius 1 is 1.35 bits per heavy atom. The number of ether oxygens (including phenoxy) is 2. The van der Waals surface area contributed by atoms with Crippen molar-refractivity contribution in [3.8, 4) is 11.8 Å². The van der Waals surface area contributed by atoms with Gasteiger partial charge in [0.2, 0.25) is 0 Å². The molecule has 0 heterocycles. The molecule has 0 unspecified atom stereocenters. The smallest absolute Gasteiger partial charge is 0.256 e. The first-order valence-corrected chi connectivity index (χ1v) is 8.04. The van der Waals surface area contributed by atoms with Gasteiger partial charge in [0.1, 0.15) is 17.4 Å². The standard InChI is InChI=1S/C18H26N2O3/c1-5-7-10-18(3,23-11-6-2)17(21)20-15-8-9-16(22-4)14(12-15)13-19/h8-9,12H,5-7,10-11H2,1-4H3,(H,20,21)/t18-/m1/s1. The van der Waals surface area contributed by atoms with Gasteiger partial charge in [0.05, 0.1) is 12.7 Å². The number of nitrogens with zero attached hydrogens (tertiary/aromatic N) is 1. The fourth-order valence-electron chi connectivity index (χ4n) is 2.23. The molecule has 1 atom stereocenters. The Kier molecular flexibility index (Phi) is 7.56. The van der Waals surface area contributed by atoms with Crippen molar-refractivity contribution >= 4 is 11.6 Å². The van der Waals surface area contributed by atoms with Crippen molar-refractivity contribution in [1.82, 2.24) is 0 Å². The van der Waals surface area contributed by atoms with Crippen LogP contribution in [0.3, 0.4) is 0 Å². The minimum absolute atomic E-state index is 0.187. The van der Waals surface area contributed by atoms with Gasteiger partial charge in [-0.15, -0.1) is 0 Å². The van der Waals surface area contributed by atoms with Crippen molar-refractivity contribution in [2.24, 2.45) is 0 Å². The third kappa shape index (κ3) is 5.26. The minimum atomic E-state index is -0.862. The first kappa shape index (κ1) is 19.0. The summed E-state index contributed by atoms with van der Waals surface area (Å²) in [5, 5.41) is 12.0. The lowest BCUT2D eigenvalue weighted by atomic mass is 9.97. The van der Waals surface area contributed by atoms with Crippen molar-refractivity contribution < 1.29 is 14.3 Å². The van der Waals surface area contributed by atoms with E-state index < -0.39 is 5.60 Å². The molecule has 0 aromatic heterocycles. The number of hydrogen-bond acceptors (Lipinski definition) is 4. The van der Waals surface area contributed by atoms with Crippen LogP contribution >= 0.6 is 0 Å². The summed E-state index contributed by atoms with van der Waals surface area (Å²) >= 11 is 0. The Labute approximate surface area is 138 Å². The maximum Gasteiger partial charge on any atom is 0.256 e. The van der Waals surface area contributed by atoms with Gasteiger partial charge >= 0.3 is 0 Å². The van der Waals surface area contributed by atoms with Crippen molar-refractivity contribution in [3.63, 3.8) is 0 Å². The average Bonchev–Trinajstić information content (AvgIpc) is 2.57. The molecule has 0 aliphatic heterocycles. The predicted octanol–water partition coefficient (Wildman–Crippen LogP) is 3.88. The van der Waals surface area contributed by atoms with Crippen LogP contribution < -0.4 is 10.1 Å². The second kappa shape index (κ2) is 9.16. The van der Waals surface area contributed by atoms with Crippen molar-refractivity contribution in [1.29, 1.82) is 5.26 Å². The van der Waals surface area contributed by atoms with Gasteiger partial charge in [-0.05, 0) is 38.0 Å². The summed E-state index contributed by atoms with van der Waals surface area (Å²) in [6.07, 6.45) is 3.44. The molecule has 1 N–H and O–H groups in total. The molecule has 0 saturated heterocycles. The van der Waals surface area contributed by atoms with Crippen LogP contribution in [0.2, 0.25) is 0 Å². The molecule has 0 spiro atoms. The maximum atomic E-state index is 12.6. The summed E-state index contributed by atoms with van der Waals surface area (Å²) in [6.45, 7) is 6.46. The molecule has 5 heteroatoms. The van der Waals surface area contributed by atoms with E-state index in [1.165, 1.54) is 7.11 Å². The Morgan fingerprint density at radius 3 is 2.65 bits per heavy atom.